The normalized spacial score (nSPS) is 11.6. The monoisotopic (exact) mass is 469 g/mol. The average molecular weight is 470 g/mol. The Bertz CT molecular complexity index is 813. The maximum atomic E-state index is 11.6. The van der Waals surface area contributed by atoms with Gasteiger partial charge in [0.05, 0.1) is 0 Å². The first kappa shape index (κ1) is 29.1. The van der Waals surface area contributed by atoms with Gasteiger partial charge in [0.2, 0.25) is 0 Å². The Labute approximate surface area is 203 Å². The van der Waals surface area contributed by atoms with Crippen molar-refractivity contribution in [1.29, 1.82) is 0 Å². The highest BCUT2D eigenvalue weighted by Crippen LogP contribution is 2.34. The van der Waals surface area contributed by atoms with Crippen molar-refractivity contribution in [2.45, 2.75) is 46.1 Å². The van der Waals surface area contributed by atoms with Gasteiger partial charge in [-0.25, -0.2) is 9.59 Å². The van der Waals surface area contributed by atoms with Gasteiger partial charge in [-0.2, -0.15) is 0 Å². The number of rotatable bonds is 12. The van der Waals surface area contributed by atoms with E-state index in [1.54, 1.807) is 0 Å². The Kier molecular flexibility index (Phi) is 12.9. The van der Waals surface area contributed by atoms with Gasteiger partial charge in [-0.1, -0.05) is 88.4 Å². The van der Waals surface area contributed by atoms with Crippen LogP contribution < -0.4 is 0 Å². The van der Waals surface area contributed by atoms with Crippen LogP contribution in [-0.2, 0) is 15.2 Å². The zero-order valence-corrected chi connectivity index (χ0v) is 20.7. The second-order valence-corrected chi connectivity index (χ2v) is 9.25. The molecule has 6 nitrogen and oxygen atoms in total. The number of carboxylic acids is 2. The molecule has 2 rings (SSSR count). The summed E-state index contributed by atoms with van der Waals surface area (Å²) >= 11 is 0. The maximum Gasteiger partial charge on any atom is 0.328 e. The third-order valence-corrected chi connectivity index (χ3v) is 5.13. The number of carboxylic acid groups (broad SMARTS) is 2. The van der Waals surface area contributed by atoms with E-state index in [9.17, 15) is 14.7 Å². The quantitative estimate of drug-likeness (QED) is 0.377. The Morgan fingerprint density at radius 1 is 0.794 bits per heavy atom. The van der Waals surface area contributed by atoms with Crippen molar-refractivity contribution in [2.24, 2.45) is 11.8 Å². The minimum Gasteiger partial charge on any atom is -0.478 e. The van der Waals surface area contributed by atoms with Crippen molar-refractivity contribution < 1.29 is 24.9 Å². The SMILES string of the molecule is CC(C)CN(CCCC(O)(c1ccccc1)c1ccccc1)CC(C)C.O=C(O)/C=C\C(=O)O. The van der Waals surface area contributed by atoms with E-state index >= 15 is 0 Å². The van der Waals surface area contributed by atoms with Crippen LogP contribution in [0.5, 0.6) is 0 Å². The molecule has 2 aromatic rings. The van der Waals surface area contributed by atoms with Crippen molar-refractivity contribution in [1.82, 2.24) is 4.90 Å². The van der Waals surface area contributed by atoms with Crippen LogP contribution in [0.1, 0.15) is 51.7 Å². The Balaban J connectivity index is 0.000000620. The fourth-order valence-corrected chi connectivity index (χ4v) is 3.87. The Morgan fingerprint density at radius 3 is 1.50 bits per heavy atom. The summed E-state index contributed by atoms with van der Waals surface area (Å²) in [5.74, 6) is -1.19. The summed E-state index contributed by atoms with van der Waals surface area (Å²) in [5.41, 5.74) is 1.03. The van der Waals surface area contributed by atoms with E-state index in [1.165, 1.54) is 0 Å². The van der Waals surface area contributed by atoms with Crippen LogP contribution in [-0.4, -0.2) is 51.8 Å². The molecule has 0 heterocycles. The van der Waals surface area contributed by atoms with Gasteiger partial charge in [0.15, 0.2) is 0 Å². The van der Waals surface area contributed by atoms with Crippen LogP contribution in [0.15, 0.2) is 72.8 Å². The van der Waals surface area contributed by atoms with Crippen LogP contribution in [0, 0.1) is 11.8 Å². The summed E-state index contributed by atoms with van der Waals surface area (Å²) in [7, 11) is 0. The highest BCUT2D eigenvalue weighted by molar-refractivity contribution is 5.89. The smallest absolute Gasteiger partial charge is 0.328 e. The molecule has 0 aliphatic heterocycles. The first-order valence-corrected chi connectivity index (χ1v) is 11.7. The number of nitrogens with zero attached hydrogens (tertiary/aromatic N) is 1. The van der Waals surface area contributed by atoms with Crippen LogP contribution in [0.25, 0.3) is 0 Å². The van der Waals surface area contributed by atoms with Gasteiger partial charge in [0.1, 0.15) is 5.60 Å². The summed E-state index contributed by atoms with van der Waals surface area (Å²) in [4.78, 5) is 21.7. The zero-order valence-electron chi connectivity index (χ0n) is 20.7. The van der Waals surface area contributed by atoms with E-state index in [0.29, 0.717) is 24.0 Å². The lowest BCUT2D eigenvalue weighted by atomic mass is 9.82. The lowest BCUT2D eigenvalue weighted by molar-refractivity contribution is -0.134. The summed E-state index contributed by atoms with van der Waals surface area (Å²) in [6.07, 6.45) is 2.82. The largest absolute Gasteiger partial charge is 0.478 e. The molecule has 0 amide bonds. The Hall–Kier alpha value is -2.96. The van der Waals surface area contributed by atoms with Crippen LogP contribution in [0.3, 0.4) is 0 Å². The average Bonchev–Trinajstić information content (AvgIpc) is 2.78. The van der Waals surface area contributed by atoms with Gasteiger partial charge in [-0.3, -0.25) is 0 Å². The molecule has 2 aromatic carbocycles. The molecule has 0 bridgehead atoms. The van der Waals surface area contributed by atoms with Crippen LogP contribution in [0.2, 0.25) is 0 Å². The van der Waals surface area contributed by atoms with Crippen LogP contribution >= 0.6 is 0 Å². The minimum absolute atomic E-state index is 0.558. The summed E-state index contributed by atoms with van der Waals surface area (Å²) in [6, 6.07) is 20.2. The highest BCUT2D eigenvalue weighted by atomic mass is 16.4. The van der Waals surface area contributed by atoms with Gasteiger partial charge < -0.3 is 20.2 Å². The minimum atomic E-state index is -1.26. The van der Waals surface area contributed by atoms with Crippen molar-refractivity contribution in [2.75, 3.05) is 19.6 Å². The molecule has 0 fully saturated rings. The number of carbonyl (C=O) groups is 2. The predicted octanol–water partition coefficient (Wildman–Crippen LogP) is 5.03. The van der Waals surface area contributed by atoms with E-state index in [1.807, 2.05) is 60.7 Å². The second-order valence-electron chi connectivity index (χ2n) is 9.25. The number of hydrogen-bond acceptors (Lipinski definition) is 4. The standard InChI is InChI=1S/C24H35NO.C4H4O4/c1-20(2)18-25(19-21(3)4)17-11-16-24(26,22-12-7-5-8-13-22)23-14-9-6-10-15-23;5-3(6)1-2-4(7)8/h5-10,12-15,20-21,26H,11,16-19H2,1-4H3;1-2H,(H,5,6)(H,7,8)/b;2-1-. The molecule has 0 spiro atoms. The molecule has 0 atom stereocenters. The Morgan fingerprint density at radius 2 is 1.18 bits per heavy atom. The summed E-state index contributed by atoms with van der Waals surface area (Å²) in [6.45, 7) is 12.4. The zero-order chi connectivity index (χ0) is 25.6. The van der Waals surface area contributed by atoms with Crippen molar-refractivity contribution in [3.05, 3.63) is 83.9 Å². The molecule has 186 valence electrons. The molecular formula is C28H39NO5. The van der Waals surface area contributed by atoms with Gasteiger partial charge >= 0.3 is 11.9 Å². The number of hydrogen-bond donors (Lipinski definition) is 3. The van der Waals surface area contributed by atoms with E-state index in [-0.39, 0.29) is 0 Å². The lowest BCUT2D eigenvalue weighted by Crippen LogP contribution is -2.34. The molecule has 0 saturated heterocycles. The fourth-order valence-electron chi connectivity index (χ4n) is 3.87. The van der Waals surface area contributed by atoms with E-state index in [4.69, 9.17) is 10.2 Å². The van der Waals surface area contributed by atoms with E-state index < -0.39 is 17.5 Å². The van der Waals surface area contributed by atoms with Gasteiger partial charge in [0.25, 0.3) is 0 Å². The predicted molar refractivity (Wildman–Crippen MR) is 136 cm³/mol. The summed E-state index contributed by atoms with van der Waals surface area (Å²) in [5, 5.41) is 27.2. The lowest BCUT2D eigenvalue weighted by Gasteiger charge is -2.32. The van der Waals surface area contributed by atoms with Gasteiger partial charge in [-0.15, -0.1) is 0 Å². The third-order valence-electron chi connectivity index (χ3n) is 5.13. The number of aliphatic hydroxyl groups is 1. The van der Waals surface area contributed by atoms with Crippen molar-refractivity contribution in [3.63, 3.8) is 0 Å². The van der Waals surface area contributed by atoms with Crippen LogP contribution in [0.4, 0.5) is 0 Å². The molecule has 6 heteroatoms. The summed E-state index contributed by atoms with van der Waals surface area (Å²) < 4.78 is 0. The van der Waals surface area contributed by atoms with E-state index in [2.05, 4.69) is 32.6 Å². The van der Waals surface area contributed by atoms with Gasteiger partial charge in [-0.05, 0) is 42.3 Å². The molecule has 0 radical (unpaired) electrons. The second kappa shape index (κ2) is 15.0. The topological polar surface area (TPSA) is 98.1 Å². The number of benzene rings is 2. The molecule has 0 unspecified atom stereocenters. The van der Waals surface area contributed by atoms with Gasteiger partial charge in [0, 0.05) is 25.2 Å². The molecule has 34 heavy (non-hydrogen) atoms. The first-order valence-electron chi connectivity index (χ1n) is 11.7. The maximum absolute atomic E-state index is 11.6. The fraction of sp³-hybridized carbons (Fsp3) is 0.429. The molecular weight excluding hydrogens is 430 g/mol. The molecule has 0 aliphatic carbocycles. The molecule has 3 N–H and O–H groups in total. The first-order chi connectivity index (χ1) is 16.0. The van der Waals surface area contributed by atoms with E-state index in [0.717, 1.165) is 43.6 Å². The third kappa shape index (κ3) is 11.3. The molecule has 0 saturated carbocycles. The van der Waals surface area contributed by atoms with Crippen molar-refractivity contribution in [3.8, 4) is 0 Å². The molecule has 0 aromatic heterocycles. The number of aliphatic carboxylic acids is 2. The molecule has 0 aliphatic rings. The highest BCUT2D eigenvalue weighted by Gasteiger charge is 2.31. The van der Waals surface area contributed by atoms with Crippen molar-refractivity contribution >= 4 is 11.9 Å².